The number of aromatic hydroxyl groups is 1. The molecule has 0 heterocycles. The minimum atomic E-state index is 0. The third-order valence-corrected chi connectivity index (χ3v) is 1.73. The fourth-order valence-corrected chi connectivity index (χ4v) is 0.961. The van der Waals surface area contributed by atoms with E-state index in [9.17, 15) is 0 Å². The van der Waals surface area contributed by atoms with Crippen LogP contribution in [0, 0.1) is 0 Å². The van der Waals surface area contributed by atoms with Gasteiger partial charge in [0.1, 0.15) is 5.75 Å². The van der Waals surface area contributed by atoms with Crippen LogP contribution in [-0.4, -0.2) is 64.2 Å². The molecule has 1 rings (SSSR count). The molecule has 0 amide bonds. The Morgan fingerprint density at radius 1 is 0.923 bits per heavy atom. The van der Waals surface area contributed by atoms with E-state index >= 15 is 0 Å². The Hall–Kier alpha value is 1.02. The molecule has 0 aromatic heterocycles. The van der Waals surface area contributed by atoms with E-state index in [1.54, 1.807) is 12.1 Å². The quantitative estimate of drug-likeness (QED) is 0.628. The van der Waals surface area contributed by atoms with Crippen LogP contribution in [0.2, 0.25) is 0 Å². The van der Waals surface area contributed by atoms with Gasteiger partial charge in [-0.2, -0.15) is 0 Å². The monoisotopic (exact) mass is 196 g/mol. The molecule has 62 valence electrons. The van der Waals surface area contributed by atoms with Crippen molar-refractivity contribution in [1.82, 2.24) is 0 Å². The Kier molecular flexibility index (Phi) is 8.22. The van der Waals surface area contributed by atoms with Gasteiger partial charge in [0.15, 0.2) is 0 Å². The molecule has 0 aliphatic rings. The first kappa shape index (κ1) is 16.4. The summed E-state index contributed by atoms with van der Waals surface area (Å²) in [5.41, 5.74) is 1.42. The zero-order valence-corrected chi connectivity index (χ0v) is 13.3. The fraction of sp³-hybridized carbons (Fsp3) is 0.400. The Bertz CT molecular complexity index is 236. The second kappa shape index (κ2) is 6.49. The minimum absolute atomic E-state index is 0. The summed E-state index contributed by atoms with van der Waals surface area (Å²) in [5.74, 6) is 0.331. The summed E-state index contributed by atoms with van der Waals surface area (Å²) in [7, 11) is 0. The van der Waals surface area contributed by atoms with Crippen LogP contribution in [0.5, 0.6) is 5.75 Å². The molecule has 0 aliphatic heterocycles. The van der Waals surface area contributed by atoms with Gasteiger partial charge in [-0.05, 0) is 23.1 Å². The van der Waals surface area contributed by atoms with Crippen LogP contribution in [0.25, 0.3) is 0 Å². The summed E-state index contributed by atoms with van der Waals surface area (Å²) in [4.78, 5) is 0. The number of phenolic OH excluding ortho intramolecular Hbond substituents is 1. The van der Waals surface area contributed by atoms with Gasteiger partial charge in [0.2, 0.25) is 0 Å². The summed E-state index contributed by atoms with van der Waals surface area (Å²) in [5, 5.41) is 9.02. The van der Waals surface area contributed by atoms with E-state index in [1.165, 1.54) is 5.56 Å². The van der Waals surface area contributed by atoms with Crippen molar-refractivity contribution in [3.63, 3.8) is 0 Å². The van der Waals surface area contributed by atoms with Crippen LogP contribution in [0.4, 0.5) is 0 Å². The molecule has 2 radical (unpaired) electrons. The molecule has 1 aromatic carbocycles. The molecule has 0 saturated heterocycles. The number of rotatable bonds is 0. The van der Waals surface area contributed by atoms with E-state index in [1.807, 2.05) is 12.1 Å². The molecule has 1 N–H and O–H groups in total. The predicted octanol–water partition coefficient (Wildman–Crippen LogP) is 1.93. The van der Waals surface area contributed by atoms with Crippen molar-refractivity contribution in [2.24, 2.45) is 0 Å². The van der Waals surface area contributed by atoms with Crippen molar-refractivity contribution in [1.29, 1.82) is 0 Å². The van der Waals surface area contributed by atoms with Crippen molar-refractivity contribution in [3.05, 3.63) is 29.8 Å². The summed E-state index contributed by atoms with van der Waals surface area (Å²) >= 11 is 0. The van der Waals surface area contributed by atoms with Crippen molar-refractivity contribution < 1.29 is 5.11 Å². The number of hydrogen-bond acceptors (Lipinski definition) is 1. The Morgan fingerprint density at radius 3 is 1.62 bits per heavy atom. The maximum atomic E-state index is 9.02. The van der Waals surface area contributed by atoms with Crippen LogP contribution < -0.4 is 0 Å². The molecule has 0 bridgehead atoms. The molecule has 13 heavy (non-hydrogen) atoms. The molecule has 0 atom stereocenters. The number of hydrogen-bond donors (Lipinski definition) is 1. The SMILES string of the molecule is CC(C)(C)c1ccc(O)cc1.[Na].[Na]. The summed E-state index contributed by atoms with van der Waals surface area (Å²) in [6.45, 7) is 6.46. The van der Waals surface area contributed by atoms with E-state index in [2.05, 4.69) is 20.8 Å². The Balaban J connectivity index is 0. The van der Waals surface area contributed by atoms with Gasteiger partial charge in [-0.1, -0.05) is 32.9 Å². The minimum Gasteiger partial charge on any atom is -0.508 e. The van der Waals surface area contributed by atoms with E-state index in [0.717, 1.165) is 0 Å². The summed E-state index contributed by atoms with van der Waals surface area (Å²) in [6.07, 6.45) is 0. The molecule has 0 fully saturated rings. The Morgan fingerprint density at radius 2 is 1.31 bits per heavy atom. The Labute approximate surface area is 125 Å². The largest absolute Gasteiger partial charge is 0.508 e. The van der Waals surface area contributed by atoms with E-state index < -0.39 is 0 Å². The van der Waals surface area contributed by atoms with Crippen molar-refractivity contribution in [2.45, 2.75) is 26.2 Å². The third kappa shape index (κ3) is 5.46. The van der Waals surface area contributed by atoms with Crippen LogP contribution >= 0.6 is 0 Å². The average Bonchev–Trinajstić information content (AvgIpc) is 1.86. The smallest absolute Gasteiger partial charge is 0.115 e. The van der Waals surface area contributed by atoms with Crippen LogP contribution in [0.1, 0.15) is 26.3 Å². The van der Waals surface area contributed by atoms with Gasteiger partial charge in [0.05, 0.1) is 0 Å². The van der Waals surface area contributed by atoms with E-state index in [0.29, 0.717) is 5.75 Å². The third-order valence-electron chi connectivity index (χ3n) is 1.73. The predicted molar refractivity (Wildman–Crippen MR) is 58.3 cm³/mol. The second-order valence-electron chi connectivity index (χ2n) is 3.80. The van der Waals surface area contributed by atoms with E-state index in [4.69, 9.17) is 5.11 Å². The fourth-order valence-electron chi connectivity index (χ4n) is 0.961. The standard InChI is InChI=1S/C10H14O.2Na/c1-10(2,3)8-4-6-9(11)7-5-8;;/h4-7,11H,1-3H3;;. The first-order valence-electron chi connectivity index (χ1n) is 3.79. The molecule has 0 saturated carbocycles. The number of phenols is 1. The molecular formula is C10H14Na2O. The maximum absolute atomic E-state index is 9.02. The first-order valence-corrected chi connectivity index (χ1v) is 3.79. The molecule has 1 nitrogen and oxygen atoms in total. The van der Waals surface area contributed by atoms with Gasteiger partial charge in [0.25, 0.3) is 0 Å². The maximum Gasteiger partial charge on any atom is 0.115 e. The van der Waals surface area contributed by atoms with Crippen LogP contribution in [-0.2, 0) is 5.41 Å². The normalized spacial score (nSPS) is 9.77. The van der Waals surface area contributed by atoms with Gasteiger partial charge in [-0.15, -0.1) is 0 Å². The number of benzene rings is 1. The molecule has 0 aliphatic carbocycles. The van der Waals surface area contributed by atoms with Gasteiger partial charge in [-0.3, -0.25) is 0 Å². The zero-order chi connectivity index (χ0) is 8.48. The van der Waals surface area contributed by atoms with Gasteiger partial charge in [-0.25, -0.2) is 0 Å². The second-order valence-corrected chi connectivity index (χ2v) is 3.80. The topological polar surface area (TPSA) is 20.2 Å². The van der Waals surface area contributed by atoms with Gasteiger partial charge < -0.3 is 5.11 Å². The summed E-state index contributed by atoms with van der Waals surface area (Å²) in [6, 6.07) is 7.35. The van der Waals surface area contributed by atoms with Crippen molar-refractivity contribution >= 4 is 59.1 Å². The van der Waals surface area contributed by atoms with Gasteiger partial charge in [0, 0.05) is 59.1 Å². The molecule has 0 unspecified atom stereocenters. The van der Waals surface area contributed by atoms with Crippen LogP contribution in [0.15, 0.2) is 24.3 Å². The first-order chi connectivity index (χ1) is 5.00. The average molecular weight is 196 g/mol. The van der Waals surface area contributed by atoms with Crippen molar-refractivity contribution in [3.8, 4) is 5.75 Å². The molecule has 0 spiro atoms. The van der Waals surface area contributed by atoms with Crippen molar-refractivity contribution in [2.75, 3.05) is 0 Å². The zero-order valence-electron chi connectivity index (χ0n) is 9.26. The molecular weight excluding hydrogens is 182 g/mol. The van der Waals surface area contributed by atoms with Crippen LogP contribution in [0.3, 0.4) is 0 Å². The molecule has 1 aromatic rings. The molecule has 3 heteroatoms. The van der Waals surface area contributed by atoms with Gasteiger partial charge >= 0.3 is 0 Å². The summed E-state index contributed by atoms with van der Waals surface area (Å²) < 4.78 is 0. The van der Waals surface area contributed by atoms with E-state index in [-0.39, 0.29) is 64.5 Å².